The molecule has 0 amide bonds. The number of nitrogen functional groups attached to an aromatic ring is 1. The van der Waals surface area contributed by atoms with Crippen molar-refractivity contribution in [3.63, 3.8) is 0 Å². The van der Waals surface area contributed by atoms with Crippen molar-refractivity contribution >= 4 is 40.7 Å². The SMILES string of the molecule is N#Cc1cccc(Nc2cc(S[O-])c(N)c3c2C(=O)c2ccccc2C3=O)c1.[Na+]. The summed E-state index contributed by atoms with van der Waals surface area (Å²) < 4.78 is 11.5. The van der Waals surface area contributed by atoms with Gasteiger partial charge in [-0.05, 0) is 24.3 Å². The zero-order valence-corrected chi connectivity index (χ0v) is 18.2. The number of hydrogen-bond acceptors (Lipinski definition) is 7. The van der Waals surface area contributed by atoms with E-state index in [0.29, 0.717) is 16.9 Å². The number of nitrogens with two attached hydrogens (primary N) is 1. The van der Waals surface area contributed by atoms with Crippen molar-refractivity contribution in [2.45, 2.75) is 4.90 Å². The van der Waals surface area contributed by atoms with Crippen molar-refractivity contribution < 1.29 is 43.7 Å². The van der Waals surface area contributed by atoms with Crippen LogP contribution in [-0.2, 0) is 0 Å². The summed E-state index contributed by atoms with van der Waals surface area (Å²) >= 11 is 0.154. The van der Waals surface area contributed by atoms with Crippen LogP contribution in [0, 0.1) is 11.3 Å². The molecule has 3 aromatic carbocycles. The molecule has 0 saturated carbocycles. The minimum absolute atomic E-state index is 0. The van der Waals surface area contributed by atoms with Crippen LogP contribution in [0.1, 0.15) is 37.4 Å². The van der Waals surface area contributed by atoms with Crippen LogP contribution in [0.5, 0.6) is 0 Å². The first kappa shape index (κ1) is 21.1. The predicted molar refractivity (Wildman–Crippen MR) is 105 cm³/mol. The van der Waals surface area contributed by atoms with Crippen molar-refractivity contribution in [1.82, 2.24) is 0 Å². The number of rotatable bonds is 3. The standard InChI is InChI=1S/C21H13N3O3S.Na/c22-10-11-4-3-5-12(8-11)24-15-9-16(28-27)19(23)18-17(15)20(25)13-6-1-2-7-14(13)21(18)26;/h1-9,24,27H,23H2;/q;+1/p-1. The molecule has 0 saturated heterocycles. The molecule has 1 aliphatic rings. The van der Waals surface area contributed by atoms with Crippen LogP contribution < -0.4 is 40.6 Å². The van der Waals surface area contributed by atoms with Gasteiger partial charge >= 0.3 is 29.6 Å². The molecule has 6 nitrogen and oxygen atoms in total. The number of nitrogens with zero attached hydrogens (tertiary/aromatic N) is 1. The van der Waals surface area contributed by atoms with E-state index in [9.17, 15) is 14.1 Å². The van der Waals surface area contributed by atoms with E-state index in [0.717, 1.165) is 0 Å². The fourth-order valence-corrected chi connectivity index (χ4v) is 3.64. The van der Waals surface area contributed by atoms with Crippen molar-refractivity contribution in [3.05, 3.63) is 82.4 Å². The van der Waals surface area contributed by atoms with Gasteiger partial charge in [0.05, 0.1) is 34.1 Å². The maximum absolute atomic E-state index is 13.2. The third-order valence-electron chi connectivity index (χ3n) is 4.56. The van der Waals surface area contributed by atoms with E-state index in [1.54, 1.807) is 48.5 Å². The number of ketones is 2. The molecule has 0 bridgehead atoms. The van der Waals surface area contributed by atoms with E-state index < -0.39 is 5.78 Å². The Bertz CT molecular complexity index is 1200. The van der Waals surface area contributed by atoms with Crippen molar-refractivity contribution in [3.8, 4) is 6.07 Å². The van der Waals surface area contributed by atoms with Gasteiger partial charge < -0.3 is 15.6 Å². The first-order chi connectivity index (χ1) is 13.5. The minimum Gasteiger partial charge on any atom is -0.795 e. The molecule has 0 spiro atoms. The first-order valence-electron chi connectivity index (χ1n) is 8.27. The Balaban J connectivity index is 0.00000240. The van der Waals surface area contributed by atoms with E-state index in [-0.39, 0.29) is 80.2 Å². The number of nitrogens with one attached hydrogen (secondary N) is 1. The van der Waals surface area contributed by atoms with Crippen molar-refractivity contribution in [2.24, 2.45) is 0 Å². The number of anilines is 3. The van der Waals surface area contributed by atoms with Crippen LogP contribution in [0.2, 0.25) is 0 Å². The number of benzene rings is 3. The van der Waals surface area contributed by atoms with Crippen LogP contribution >= 0.6 is 12.0 Å². The van der Waals surface area contributed by atoms with Crippen molar-refractivity contribution in [1.29, 1.82) is 5.26 Å². The molecule has 136 valence electrons. The zero-order valence-electron chi connectivity index (χ0n) is 15.4. The summed E-state index contributed by atoms with van der Waals surface area (Å²) in [5.41, 5.74) is 8.05. The maximum atomic E-state index is 13.2. The summed E-state index contributed by atoms with van der Waals surface area (Å²) in [6.07, 6.45) is 0. The van der Waals surface area contributed by atoms with Gasteiger partial charge in [-0.15, -0.1) is 0 Å². The minimum atomic E-state index is -0.396. The van der Waals surface area contributed by atoms with Gasteiger partial charge in [0.15, 0.2) is 11.6 Å². The van der Waals surface area contributed by atoms with Crippen LogP contribution in [-0.4, -0.2) is 16.1 Å². The van der Waals surface area contributed by atoms with Crippen LogP contribution in [0.25, 0.3) is 0 Å². The Labute approximate surface area is 193 Å². The van der Waals surface area contributed by atoms with Crippen LogP contribution in [0.3, 0.4) is 0 Å². The van der Waals surface area contributed by atoms with Crippen LogP contribution in [0.15, 0.2) is 59.5 Å². The second kappa shape index (κ2) is 8.41. The number of nitriles is 1. The van der Waals surface area contributed by atoms with Crippen molar-refractivity contribution in [2.75, 3.05) is 11.1 Å². The van der Waals surface area contributed by atoms with Gasteiger partial charge in [0.25, 0.3) is 0 Å². The largest absolute Gasteiger partial charge is 1.00 e. The fraction of sp³-hybridized carbons (Fsp3) is 0. The molecular formula is C21H12N3NaO3S. The normalized spacial score (nSPS) is 11.7. The van der Waals surface area contributed by atoms with Gasteiger partial charge in [-0.2, -0.15) is 5.26 Å². The van der Waals surface area contributed by atoms with Gasteiger partial charge in [0.2, 0.25) is 0 Å². The Morgan fingerprint density at radius 2 is 1.62 bits per heavy atom. The van der Waals surface area contributed by atoms with Gasteiger partial charge in [0.1, 0.15) is 0 Å². The Morgan fingerprint density at radius 1 is 0.966 bits per heavy atom. The van der Waals surface area contributed by atoms with E-state index in [1.807, 2.05) is 6.07 Å². The Kier molecular flexibility index (Phi) is 6.13. The predicted octanol–water partition coefficient (Wildman–Crippen LogP) is 0.886. The molecule has 8 heteroatoms. The molecule has 0 heterocycles. The number of carbonyl (C=O) groups is 2. The molecule has 0 unspecified atom stereocenters. The second-order valence-corrected chi connectivity index (χ2v) is 6.80. The van der Waals surface area contributed by atoms with E-state index in [1.165, 1.54) is 6.07 Å². The number of fused-ring (bicyclic) bond motifs is 2. The smallest absolute Gasteiger partial charge is 0.795 e. The second-order valence-electron chi connectivity index (χ2n) is 6.19. The van der Waals surface area contributed by atoms with Gasteiger partial charge in [-0.1, -0.05) is 30.3 Å². The quantitative estimate of drug-likeness (QED) is 0.293. The molecule has 3 aromatic rings. The summed E-state index contributed by atoms with van der Waals surface area (Å²) in [4.78, 5) is 26.3. The van der Waals surface area contributed by atoms with E-state index in [2.05, 4.69) is 5.32 Å². The summed E-state index contributed by atoms with van der Waals surface area (Å²) in [5, 5.41) is 12.1. The zero-order chi connectivity index (χ0) is 19.8. The maximum Gasteiger partial charge on any atom is 1.00 e. The molecule has 3 N–H and O–H groups in total. The Morgan fingerprint density at radius 3 is 2.24 bits per heavy atom. The average molecular weight is 409 g/mol. The summed E-state index contributed by atoms with van der Waals surface area (Å²) in [5.74, 6) is -0.745. The molecule has 29 heavy (non-hydrogen) atoms. The summed E-state index contributed by atoms with van der Waals surface area (Å²) in [6.45, 7) is 0. The molecule has 0 atom stereocenters. The fourth-order valence-electron chi connectivity index (χ4n) is 3.28. The van der Waals surface area contributed by atoms with E-state index in [4.69, 9.17) is 11.0 Å². The number of hydrogen-bond donors (Lipinski definition) is 2. The summed E-state index contributed by atoms with van der Waals surface area (Å²) in [7, 11) is 0. The summed E-state index contributed by atoms with van der Waals surface area (Å²) in [6, 6.07) is 16.7. The molecule has 0 fully saturated rings. The van der Waals surface area contributed by atoms with Crippen LogP contribution in [0.4, 0.5) is 17.1 Å². The van der Waals surface area contributed by atoms with Gasteiger partial charge in [-0.3, -0.25) is 9.59 Å². The molecule has 4 rings (SSSR count). The molecule has 0 aromatic heterocycles. The number of carbonyl (C=O) groups excluding carboxylic acids is 2. The topological polar surface area (TPSA) is 119 Å². The molecule has 0 aliphatic heterocycles. The monoisotopic (exact) mass is 409 g/mol. The van der Waals surface area contributed by atoms with Gasteiger partial charge in [0, 0.05) is 21.7 Å². The Hall–Kier alpha value is -2.60. The average Bonchev–Trinajstić information content (AvgIpc) is 2.73. The molecular weight excluding hydrogens is 397 g/mol. The van der Waals surface area contributed by atoms with E-state index >= 15 is 0 Å². The molecule has 0 radical (unpaired) electrons. The van der Waals surface area contributed by atoms with Gasteiger partial charge in [-0.25, -0.2) is 12.0 Å². The third-order valence-corrected chi connectivity index (χ3v) is 5.08. The first-order valence-corrected chi connectivity index (χ1v) is 9.01. The molecule has 1 aliphatic carbocycles. The third kappa shape index (κ3) is 3.57.